The first kappa shape index (κ1) is 27.4. The molecular weight excluding hydrogens is 553 g/mol. The molecule has 0 amide bonds. The number of benzene rings is 3. The number of ether oxygens (including phenoxy) is 1. The predicted octanol–water partition coefficient (Wildman–Crippen LogP) is 2.10. The summed E-state index contributed by atoms with van der Waals surface area (Å²) in [7, 11) is -14.3. The van der Waals surface area contributed by atoms with E-state index in [0.29, 0.717) is 0 Å². The van der Waals surface area contributed by atoms with Crippen LogP contribution in [0.15, 0.2) is 86.3 Å². The zero-order valence-corrected chi connectivity index (χ0v) is 22.4. The van der Waals surface area contributed by atoms with E-state index in [9.17, 15) is 33.7 Å². The summed E-state index contributed by atoms with van der Waals surface area (Å²) in [4.78, 5) is -0.654. The van der Waals surface area contributed by atoms with Gasteiger partial charge in [0.1, 0.15) is 5.75 Å². The van der Waals surface area contributed by atoms with Crippen molar-refractivity contribution in [3.8, 4) is 5.75 Å². The van der Waals surface area contributed by atoms with Crippen LogP contribution in [0.5, 0.6) is 5.75 Å². The van der Waals surface area contributed by atoms with Gasteiger partial charge in [-0.05, 0) is 60.7 Å². The van der Waals surface area contributed by atoms with Crippen molar-refractivity contribution in [1.29, 1.82) is 0 Å². The van der Waals surface area contributed by atoms with Crippen molar-refractivity contribution >= 4 is 51.1 Å². The van der Waals surface area contributed by atoms with E-state index in [4.69, 9.17) is 4.74 Å². The average molecular weight is 575 g/mol. The van der Waals surface area contributed by atoms with E-state index in [1.165, 1.54) is 25.3 Å². The second-order valence-corrected chi connectivity index (χ2v) is 15.0. The quantitative estimate of drug-likeness (QED) is 0.388. The SMILES string of the molecule is COc1ccc(NS(=O)(=O)c2ccc(S(C)(=O)=O)cc2)c(NS(=O)(=O)c2ccc(S(C)(=O)=O)cc2)c1. The molecule has 0 saturated carbocycles. The van der Waals surface area contributed by atoms with Crippen molar-refractivity contribution in [3.05, 3.63) is 66.7 Å². The summed E-state index contributed by atoms with van der Waals surface area (Å²) in [5, 5.41) is 0. The van der Waals surface area contributed by atoms with Gasteiger partial charge in [0.25, 0.3) is 20.0 Å². The molecule has 36 heavy (non-hydrogen) atoms. The number of methoxy groups -OCH3 is 1. The van der Waals surface area contributed by atoms with Crippen LogP contribution in [0.2, 0.25) is 0 Å². The van der Waals surface area contributed by atoms with Crippen molar-refractivity contribution in [2.75, 3.05) is 29.1 Å². The Hall–Kier alpha value is -3.14. The summed E-state index contributed by atoms with van der Waals surface area (Å²) in [6, 6.07) is 12.9. The van der Waals surface area contributed by atoms with E-state index >= 15 is 0 Å². The smallest absolute Gasteiger partial charge is 0.261 e. The number of sulfone groups is 2. The Labute approximate surface area is 210 Å². The molecule has 11 nitrogen and oxygen atoms in total. The molecule has 0 fully saturated rings. The molecule has 0 spiro atoms. The van der Waals surface area contributed by atoms with Crippen molar-refractivity contribution in [2.24, 2.45) is 0 Å². The molecule has 0 radical (unpaired) electrons. The first-order valence-electron chi connectivity index (χ1n) is 9.87. The van der Waals surface area contributed by atoms with Crippen LogP contribution in [0.4, 0.5) is 11.4 Å². The number of anilines is 2. The van der Waals surface area contributed by atoms with Gasteiger partial charge in [-0.1, -0.05) is 0 Å². The van der Waals surface area contributed by atoms with Gasteiger partial charge >= 0.3 is 0 Å². The molecule has 0 aliphatic rings. The maximum absolute atomic E-state index is 12.9. The molecule has 0 bridgehead atoms. The molecule has 0 unspecified atom stereocenters. The van der Waals surface area contributed by atoms with Crippen LogP contribution >= 0.6 is 0 Å². The van der Waals surface area contributed by atoms with Crippen LogP contribution in [-0.4, -0.2) is 53.3 Å². The number of nitrogens with one attached hydrogen (secondary N) is 2. The fraction of sp³-hybridized carbons (Fsp3) is 0.143. The van der Waals surface area contributed by atoms with E-state index in [2.05, 4.69) is 9.44 Å². The highest BCUT2D eigenvalue weighted by molar-refractivity contribution is 7.93. The van der Waals surface area contributed by atoms with Crippen LogP contribution in [-0.2, 0) is 39.7 Å². The largest absolute Gasteiger partial charge is 0.497 e. The van der Waals surface area contributed by atoms with Gasteiger partial charge in [0.05, 0.1) is 38.1 Å². The highest BCUT2D eigenvalue weighted by atomic mass is 32.2. The Kier molecular flexibility index (Phi) is 7.41. The fourth-order valence-corrected chi connectivity index (χ4v) is 6.37. The molecular formula is C21H22N2O9S4. The van der Waals surface area contributed by atoms with Crippen molar-refractivity contribution < 1.29 is 38.4 Å². The molecule has 3 rings (SSSR count). The lowest BCUT2D eigenvalue weighted by molar-refractivity contribution is 0.415. The molecule has 0 aliphatic heterocycles. The first-order valence-corrected chi connectivity index (χ1v) is 16.6. The number of hydrogen-bond acceptors (Lipinski definition) is 9. The van der Waals surface area contributed by atoms with Crippen LogP contribution in [0, 0.1) is 0 Å². The lowest BCUT2D eigenvalue weighted by Gasteiger charge is -2.16. The molecule has 0 saturated heterocycles. The summed E-state index contributed by atoms with van der Waals surface area (Å²) >= 11 is 0. The number of rotatable bonds is 9. The van der Waals surface area contributed by atoms with Crippen molar-refractivity contribution in [3.63, 3.8) is 0 Å². The molecule has 3 aromatic carbocycles. The summed E-state index contributed by atoms with van der Waals surface area (Å²) in [6.45, 7) is 0. The van der Waals surface area contributed by atoms with Crippen LogP contribution in [0.3, 0.4) is 0 Å². The minimum atomic E-state index is -4.27. The van der Waals surface area contributed by atoms with E-state index in [1.807, 2.05) is 0 Å². The average Bonchev–Trinajstić information content (AvgIpc) is 2.79. The summed E-state index contributed by atoms with van der Waals surface area (Å²) in [5.74, 6) is 0.223. The van der Waals surface area contributed by atoms with Gasteiger partial charge in [-0.2, -0.15) is 0 Å². The molecule has 15 heteroatoms. The lowest BCUT2D eigenvalue weighted by Crippen LogP contribution is -2.18. The molecule has 0 atom stereocenters. The third-order valence-corrected chi connectivity index (χ3v) is 9.86. The van der Waals surface area contributed by atoms with Crippen molar-refractivity contribution in [1.82, 2.24) is 0 Å². The van der Waals surface area contributed by atoms with Gasteiger partial charge in [-0.3, -0.25) is 9.44 Å². The van der Waals surface area contributed by atoms with E-state index in [-0.39, 0.29) is 36.7 Å². The zero-order valence-electron chi connectivity index (χ0n) is 19.2. The van der Waals surface area contributed by atoms with Gasteiger partial charge < -0.3 is 4.74 Å². The number of hydrogen-bond donors (Lipinski definition) is 2. The van der Waals surface area contributed by atoms with E-state index in [0.717, 1.165) is 61.0 Å². The Balaban J connectivity index is 1.97. The summed E-state index contributed by atoms with van der Waals surface area (Å²) in [6.07, 6.45) is 1.97. The van der Waals surface area contributed by atoms with Gasteiger partial charge in [-0.25, -0.2) is 33.7 Å². The number of sulfonamides is 2. The Bertz CT molecular complexity index is 1710. The molecule has 0 aliphatic carbocycles. The maximum atomic E-state index is 12.9. The Morgan fingerprint density at radius 3 is 1.25 bits per heavy atom. The fourth-order valence-electron chi connectivity index (χ4n) is 2.96. The monoisotopic (exact) mass is 574 g/mol. The summed E-state index contributed by atoms with van der Waals surface area (Å²) in [5.41, 5.74) is -0.308. The van der Waals surface area contributed by atoms with E-state index < -0.39 is 39.7 Å². The van der Waals surface area contributed by atoms with E-state index in [1.54, 1.807) is 0 Å². The highest BCUT2D eigenvalue weighted by Gasteiger charge is 2.22. The minimum Gasteiger partial charge on any atom is -0.497 e. The Morgan fingerprint density at radius 1 is 0.528 bits per heavy atom. The molecule has 2 N–H and O–H groups in total. The van der Waals surface area contributed by atoms with Gasteiger partial charge in [0.15, 0.2) is 19.7 Å². The summed E-state index contributed by atoms with van der Waals surface area (Å²) < 4.78 is 108. The molecule has 0 heterocycles. The third-order valence-electron chi connectivity index (χ3n) is 4.84. The molecule has 3 aromatic rings. The second-order valence-electron chi connectivity index (χ2n) is 7.61. The molecule has 0 aromatic heterocycles. The van der Waals surface area contributed by atoms with Crippen molar-refractivity contribution in [2.45, 2.75) is 19.6 Å². The highest BCUT2D eigenvalue weighted by Crippen LogP contribution is 2.31. The Morgan fingerprint density at radius 2 is 0.889 bits per heavy atom. The predicted molar refractivity (Wildman–Crippen MR) is 134 cm³/mol. The van der Waals surface area contributed by atoms with Gasteiger partial charge in [-0.15, -0.1) is 0 Å². The lowest BCUT2D eigenvalue weighted by atomic mass is 10.2. The topological polar surface area (TPSA) is 170 Å². The minimum absolute atomic E-state index is 0.0683. The zero-order chi connectivity index (χ0) is 26.9. The van der Waals surface area contributed by atoms with Crippen LogP contribution in [0.25, 0.3) is 0 Å². The van der Waals surface area contributed by atoms with Crippen LogP contribution in [0.1, 0.15) is 0 Å². The first-order chi connectivity index (χ1) is 16.5. The van der Waals surface area contributed by atoms with Gasteiger partial charge in [0.2, 0.25) is 0 Å². The standard InChI is InChI=1S/C21H22N2O9S4/c1-32-15-4-13-20(22-35(28,29)18-9-5-16(6-10-18)33(2,24)25)21(14-15)23-36(30,31)19-11-7-17(8-12-19)34(3,26)27/h4-14,22-23H,1-3H3. The third kappa shape index (κ3) is 6.34. The van der Waals surface area contributed by atoms with Gasteiger partial charge in [0, 0.05) is 18.6 Å². The second kappa shape index (κ2) is 9.72. The molecule has 194 valence electrons. The normalized spacial score (nSPS) is 12.6. The maximum Gasteiger partial charge on any atom is 0.261 e. The van der Waals surface area contributed by atoms with Crippen LogP contribution < -0.4 is 14.2 Å².